The van der Waals surface area contributed by atoms with Crippen LogP contribution in [0.3, 0.4) is 0 Å². The van der Waals surface area contributed by atoms with Crippen LogP contribution in [0, 0.1) is 0 Å². The van der Waals surface area contributed by atoms with Gasteiger partial charge >= 0.3 is 0 Å². The van der Waals surface area contributed by atoms with Crippen LogP contribution >= 0.6 is 0 Å². The Bertz CT molecular complexity index is 348. The predicted molar refractivity (Wildman–Crippen MR) is 44.6 cm³/mol. The van der Waals surface area contributed by atoms with E-state index in [-0.39, 0.29) is 0 Å². The fraction of sp³-hybridized carbons (Fsp3) is 0.111. The first kappa shape index (κ1) is 7.03. The molecule has 62 valence electrons. The van der Waals surface area contributed by atoms with Crippen LogP contribution in [0.2, 0.25) is 0 Å². The van der Waals surface area contributed by atoms with E-state index in [0.29, 0.717) is 12.3 Å². The van der Waals surface area contributed by atoms with E-state index < -0.39 is 0 Å². The molecule has 0 amide bonds. The topological polar surface area (TPSA) is 52.3 Å². The normalized spacial score (nSPS) is 10.3. The van der Waals surface area contributed by atoms with Crippen molar-refractivity contribution in [1.29, 1.82) is 0 Å². The maximum absolute atomic E-state index is 5.41. The third-order valence-electron chi connectivity index (χ3n) is 1.61. The second kappa shape index (κ2) is 2.77. The summed E-state index contributed by atoms with van der Waals surface area (Å²) in [5.74, 6) is 2.14. The molecule has 0 radical (unpaired) electrons. The van der Waals surface area contributed by atoms with Gasteiger partial charge in [0, 0.05) is 6.07 Å². The summed E-state index contributed by atoms with van der Waals surface area (Å²) >= 11 is 0. The highest BCUT2D eigenvalue weighted by Gasteiger charge is 2.02. The van der Waals surface area contributed by atoms with Crippen LogP contribution in [-0.2, 0) is 6.42 Å². The molecule has 2 rings (SSSR count). The number of anilines is 1. The van der Waals surface area contributed by atoms with E-state index in [1.165, 1.54) is 0 Å². The summed E-state index contributed by atoms with van der Waals surface area (Å²) in [4.78, 5) is 0. The van der Waals surface area contributed by atoms with Gasteiger partial charge in [0.2, 0.25) is 0 Å². The lowest BCUT2D eigenvalue weighted by Crippen LogP contribution is -1.81. The van der Waals surface area contributed by atoms with Crippen molar-refractivity contribution in [2.45, 2.75) is 6.42 Å². The first-order valence-corrected chi connectivity index (χ1v) is 3.71. The Morgan fingerprint density at radius 2 is 2.08 bits per heavy atom. The van der Waals surface area contributed by atoms with E-state index in [1.54, 1.807) is 12.3 Å². The fourth-order valence-electron chi connectivity index (χ4n) is 1.07. The number of rotatable bonds is 2. The average molecular weight is 163 g/mol. The largest absolute Gasteiger partial charge is 0.469 e. The Balaban J connectivity index is 2.14. The van der Waals surface area contributed by atoms with Crippen LogP contribution in [0.4, 0.5) is 5.88 Å². The van der Waals surface area contributed by atoms with Gasteiger partial charge in [-0.2, -0.15) is 0 Å². The van der Waals surface area contributed by atoms with Crippen LogP contribution in [0.5, 0.6) is 0 Å². The lowest BCUT2D eigenvalue weighted by molar-refractivity contribution is 0.482. The molecule has 2 aromatic heterocycles. The molecule has 2 heterocycles. The standard InChI is InChI=1S/C9H9NO2/c10-9-4-3-8(12-9)6-7-2-1-5-11-7/h1-5H,6,10H2. The quantitative estimate of drug-likeness (QED) is 0.737. The third kappa shape index (κ3) is 1.34. The lowest BCUT2D eigenvalue weighted by Gasteiger charge is -1.90. The molecule has 0 atom stereocenters. The summed E-state index contributed by atoms with van der Waals surface area (Å²) in [6.45, 7) is 0. The lowest BCUT2D eigenvalue weighted by atomic mass is 10.3. The predicted octanol–water partition coefficient (Wildman–Crippen LogP) is 2.05. The summed E-state index contributed by atoms with van der Waals surface area (Å²) in [6, 6.07) is 7.33. The summed E-state index contributed by atoms with van der Waals surface area (Å²) in [7, 11) is 0. The zero-order valence-electron chi connectivity index (χ0n) is 6.49. The van der Waals surface area contributed by atoms with Gasteiger partial charge in [-0.1, -0.05) is 0 Å². The highest BCUT2D eigenvalue weighted by atomic mass is 16.4. The van der Waals surface area contributed by atoms with Gasteiger partial charge in [0.25, 0.3) is 0 Å². The van der Waals surface area contributed by atoms with Crippen molar-refractivity contribution in [2.24, 2.45) is 0 Å². The molecule has 0 aliphatic carbocycles. The van der Waals surface area contributed by atoms with Crippen molar-refractivity contribution in [3.8, 4) is 0 Å². The minimum Gasteiger partial charge on any atom is -0.469 e. The van der Waals surface area contributed by atoms with Crippen LogP contribution in [-0.4, -0.2) is 0 Å². The second-order valence-corrected chi connectivity index (χ2v) is 2.56. The Morgan fingerprint density at radius 3 is 2.67 bits per heavy atom. The van der Waals surface area contributed by atoms with E-state index in [1.807, 2.05) is 18.2 Å². The molecule has 0 fully saturated rings. The molecule has 2 N–H and O–H groups in total. The molecule has 0 unspecified atom stereocenters. The maximum atomic E-state index is 5.41. The summed E-state index contributed by atoms with van der Waals surface area (Å²) in [5, 5.41) is 0. The van der Waals surface area contributed by atoms with Crippen molar-refractivity contribution in [2.75, 3.05) is 5.73 Å². The molecule has 3 nitrogen and oxygen atoms in total. The van der Waals surface area contributed by atoms with Crippen LogP contribution in [0.25, 0.3) is 0 Å². The summed E-state index contributed by atoms with van der Waals surface area (Å²) in [6.07, 6.45) is 2.30. The first-order valence-electron chi connectivity index (χ1n) is 3.71. The van der Waals surface area contributed by atoms with Gasteiger partial charge in [-0.25, -0.2) is 0 Å². The monoisotopic (exact) mass is 163 g/mol. The van der Waals surface area contributed by atoms with Gasteiger partial charge in [-0.15, -0.1) is 0 Å². The molecule has 3 heteroatoms. The second-order valence-electron chi connectivity index (χ2n) is 2.56. The van der Waals surface area contributed by atoms with E-state index in [4.69, 9.17) is 14.6 Å². The number of nitrogens with two attached hydrogens (primary N) is 1. The molecule has 0 bridgehead atoms. The molecular weight excluding hydrogens is 154 g/mol. The van der Waals surface area contributed by atoms with Crippen molar-refractivity contribution in [3.05, 3.63) is 42.0 Å². The van der Waals surface area contributed by atoms with Crippen LogP contribution in [0.15, 0.2) is 39.4 Å². The molecule has 0 saturated heterocycles. The number of hydrogen-bond donors (Lipinski definition) is 1. The average Bonchev–Trinajstić information content (AvgIpc) is 2.63. The van der Waals surface area contributed by atoms with Crippen LogP contribution in [0.1, 0.15) is 11.5 Å². The Labute approximate surface area is 69.8 Å². The van der Waals surface area contributed by atoms with Gasteiger partial charge < -0.3 is 14.6 Å². The third-order valence-corrected chi connectivity index (χ3v) is 1.61. The highest BCUT2D eigenvalue weighted by Crippen LogP contribution is 2.14. The van der Waals surface area contributed by atoms with E-state index in [0.717, 1.165) is 11.5 Å². The molecule has 0 aliphatic rings. The van der Waals surface area contributed by atoms with Crippen molar-refractivity contribution in [3.63, 3.8) is 0 Å². The molecule has 0 aromatic carbocycles. The number of furan rings is 2. The van der Waals surface area contributed by atoms with Gasteiger partial charge in [0.15, 0.2) is 5.88 Å². The van der Waals surface area contributed by atoms with Gasteiger partial charge in [0.1, 0.15) is 11.5 Å². The van der Waals surface area contributed by atoms with Crippen molar-refractivity contribution in [1.82, 2.24) is 0 Å². The smallest absolute Gasteiger partial charge is 0.190 e. The Hall–Kier alpha value is -1.64. The zero-order valence-corrected chi connectivity index (χ0v) is 6.49. The SMILES string of the molecule is Nc1ccc(Cc2ccco2)o1. The molecule has 12 heavy (non-hydrogen) atoms. The number of hydrogen-bond acceptors (Lipinski definition) is 3. The van der Waals surface area contributed by atoms with E-state index in [2.05, 4.69) is 0 Å². The number of nitrogen functional groups attached to an aromatic ring is 1. The minimum absolute atomic E-state index is 0.441. The van der Waals surface area contributed by atoms with E-state index >= 15 is 0 Å². The summed E-state index contributed by atoms with van der Waals surface area (Å²) in [5.41, 5.74) is 5.41. The maximum Gasteiger partial charge on any atom is 0.190 e. The molecule has 2 aromatic rings. The Morgan fingerprint density at radius 1 is 1.17 bits per heavy atom. The van der Waals surface area contributed by atoms with Gasteiger partial charge in [0.05, 0.1) is 12.7 Å². The fourth-order valence-corrected chi connectivity index (χ4v) is 1.07. The first-order chi connectivity index (χ1) is 5.84. The minimum atomic E-state index is 0.441. The van der Waals surface area contributed by atoms with Gasteiger partial charge in [-0.05, 0) is 18.2 Å². The highest BCUT2D eigenvalue weighted by molar-refractivity contribution is 5.26. The molecule has 0 saturated carbocycles. The van der Waals surface area contributed by atoms with Gasteiger partial charge in [-0.3, -0.25) is 0 Å². The molecule has 0 aliphatic heterocycles. The molecular formula is C9H9NO2. The Kier molecular flexibility index (Phi) is 1.63. The van der Waals surface area contributed by atoms with Crippen LogP contribution < -0.4 is 5.73 Å². The zero-order chi connectivity index (χ0) is 8.39. The van der Waals surface area contributed by atoms with E-state index in [9.17, 15) is 0 Å². The molecule has 0 spiro atoms. The van der Waals surface area contributed by atoms with Crippen molar-refractivity contribution >= 4 is 5.88 Å². The van der Waals surface area contributed by atoms with Crippen molar-refractivity contribution < 1.29 is 8.83 Å². The summed E-state index contributed by atoms with van der Waals surface area (Å²) < 4.78 is 10.3.